The fraction of sp³-hybridized carbons (Fsp3) is 0.714. The van der Waals surface area contributed by atoms with Crippen LogP contribution in [0.5, 0.6) is 0 Å². The Hall–Kier alpha value is -0.0100. The van der Waals surface area contributed by atoms with E-state index in [2.05, 4.69) is 10.4 Å². The first kappa shape index (κ1) is 22.0. The van der Waals surface area contributed by atoms with E-state index in [1.165, 1.54) is 5.01 Å². The van der Waals surface area contributed by atoms with Crippen molar-refractivity contribution in [3.63, 3.8) is 0 Å². The van der Waals surface area contributed by atoms with Gasteiger partial charge in [-0.1, -0.05) is 0 Å². The molecule has 8 heteroatoms. The minimum Gasteiger partial charge on any atom is -0.341 e. The van der Waals surface area contributed by atoms with Crippen LogP contribution in [-0.4, -0.2) is 46.9 Å². The average Bonchev–Trinajstić information content (AvgIpc) is 2.90. The van der Waals surface area contributed by atoms with Crippen molar-refractivity contribution in [2.24, 2.45) is 5.73 Å². The Morgan fingerprint density at radius 1 is 1.50 bits per heavy atom. The third-order valence-electron chi connectivity index (χ3n) is 3.74. The molecule has 2 N–H and O–H groups in total. The lowest BCUT2D eigenvalue weighted by molar-refractivity contribution is -0.133. The lowest BCUT2D eigenvalue weighted by atomic mass is 9.97. The standard InChI is InChI=1S/C14H23N3OS2.2ClH/c1-10-9-20-13(16-10)11-3-6-17(7-4-11)14(18)12(15)5-8-19-2;;/h9,11-12H,3-8,15H2,1-2H3;2*1H. The maximum Gasteiger partial charge on any atom is 0.239 e. The van der Waals surface area contributed by atoms with E-state index < -0.39 is 0 Å². The number of aryl methyl sites for hydroxylation is 1. The molecule has 2 rings (SSSR count). The van der Waals surface area contributed by atoms with Crippen LogP contribution in [0.15, 0.2) is 5.38 Å². The summed E-state index contributed by atoms with van der Waals surface area (Å²) in [6.07, 6.45) is 4.83. The maximum atomic E-state index is 12.2. The van der Waals surface area contributed by atoms with E-state index in [0.717, 1.165) is 43.8 Å². The second-order valence-electron chi connectivity index (χ2n) is 5.31. The Bertz CT molecular complexity index is 451. The molecule has 2 heterocycles. The highest BCUT2D eigenvalue weighted by Crippen LogP contribution is 2.30. The minimum atomic E-state index is -0.332. The van der Waals surface area contributed by atoms with E-state index in [9.17, 15) is 4.79 Å². The first-order valence-electron chi connectivity index (χ1n) is 7.07. The van der Waals surface area contributed by atoms with Gasteiger partial charge < -0.3 is 10.6 Å². The Kier molecular flexibility index (Phi) is 10.7. The fourth-order valence-electron chi connectivity index (χ4n) is 2.51. The van der Waals surface area contributed by atoms with Gasteiger partial charge in [-0.25, -0.2) is 4.98 Å². The van der Waals surface area contributed by atoms with Crippen molar-refractivity contribution in [3.05, 3.63) is 16.1 Å². The van der Waals surface area contributed by atoms with Crippen molar-refractivity contribution in [2.45, 2.75) is 38.1 Å². The lowest BCUT2D eigenvalue weighted by Gasteiger charge is -2.32. The first-order valence-corrected chi connectivity index (χ1v) is 9.34. The molecule has 0 spiro atoms. The number of hydrogen-bond donors (Lipinski definition) is 1. The highest BCUT2D eigenvalue weighted by Gasteiger charge is 2.27. The fourth-order valence-corrected chi connectivity index (χ4v) is 3.97. The summed E-state index contributed by atoms with van der Waals surface area (Å²) in [7, 11) is 0. The first-order chi connectivity index (χ1) is 9.61. The third-order valence-corrected chi connectivity index (χ3v) is 5.51. The molecule has 0 radical (unpaired) electrons. The van der Waals surface area contributed by atoms with Crippen molar-refractivity contribution in [2.75, 3.05) is 25.1 Å². The van der Waals surface area contributed by atoms with Crippen LogP contribution in [0.1, 0.15) is 35.9 Å². The van der Waals surface area contributed by atoms with E-state index >= 15 is 0 Å². The van der Waals surface area contributed by atoms with E-state index in [4.69, 9.17) is 5.73 Å². The molecule has 1 aromatic heterocycles. The maximum absolute atomic E-state index is 12.2. The van der Waals surface area contributed by atoms with Crippen LogP contribution in [0, 0.1) is 6.92 Å². The van der Waals surface area contributed by atoms with E-state index in [1.807, 2.05) is 18.1 Å². The number of nitrogens with two attached hydrogens (primary N) is 1. The van der Waals surface area contributed by atoms with Crippen LogP contribution in [0.4, 0.5) is 0 Å². The molecule has 1 saturated heterocycles. The lowest BCUT2D eigenvalue weighted by Crippen LogP contribution is -2.47. The summed E-state index contributed by atoms with van der Waals surface area (Å²) in [4.78, 5) is 18.7. The Balaban J connectivity index is 0.00000220. The molecule has 1 fully saturated rings. The Labute approximate surface area is 153 Å². The zero-order valence-electron chi connectivity index (χ0n) is 13.0. The summed E-state index contributed by atoms with van der Waals surface area (Å²) in [6, 6.07) is -0.332. The van der Waals surface area contributed by atoms with Crippen LogP contribution >= 0.6 is 47.9 Å². The number of carbonyl (C=O) groups is 1. The second kappa shape index (κ2) is 10.7. The summed E-state index contributed by atoms with van der Waals surface area (Å²) in [5.41, 5.74) is 7.07. The molecule has 1 aliphatic heterocycles. The van der Waals surface area contributed by atoms with Crippen molar-refractivity contribution >= 4 is 53.8 Å². The number of carbonyl (C=O) groups excluding carboxylic acids is 1. The molecule has 0 bridgehead atoms. The Morgan fingerprint density at radius 3 is 2.64 bits per heavy atom. The number of rotatable bonds is 5. The van der Waals surface area contributed by atoms with Gasteiger partial charge >= 0.3 is 0 Å². The summed E-state index contributed by atoms with van der Waals surface area (Å²) in [5, 5.41) is 3.33. The molecule has 1 aromatic rings. The number of halogens is 2. The van der Waals surface area contributed by atoms with Crippen LogP contribution < -0.4 is 5.73 Å². The number of piperidine rings is 1. The summed E-state index contributed by atoms with van der Waals surface area (Å²) in [6.45, 7) is 3.66. The number of thiazole rings is 1. The summed E-state index contributed by atoms with van der Waals surface area (Å²) >= 11 is 3.48. The van der Waals surface area contributed by atoms with Gasteiger partial charge in [0.1, 0.15) is 0 Å². The van der Waals surface area contributed by atoms with Gasteiger partial charge in [0.05, 0.1) is 11.0 Å². The highest BCUT2D eigenvalue weighted by molar-refractivity contribution is 7.98. The topological polar surface area (TPSA) is 59.2 Å². The van der Waals surface area contributed by atoms with Gasteiger partial charge in [0.15, 0.2) is 0 Å². The van der Waals surface area contributed by atoms with Gasteiger partial charge in [-0.3, -0.25) is 4.79 Å². The third kappa shape index (κ3) is 5.89. The van der Waals surface area contributed by atoms with E-state index in [-0.39, 0.29) is 36.8 Å². The Morgan fingerprint density at radius 2 is 2.14 bits per heavy atom. The van der Waals surface area contributed by atoms with Crippen LogP contribution in [-0.2, 0) is 4.79 Å². The number of nitrogens with zero attached hydrogens (tertiary/aromatic N) is 2. The molecule has 128 valence electrons. The largest absolute Gasteiger partial charge is 0.341 e. The molecule has 4 nitrogen and oxygen atoms in total. The number of thioether (sulfide) groups is 1. The second-order valence-corrected chi connectivity index (χ2v) is 7.19. The van der Waals surface area contributed by atoms with Crippen molar-refractivity contribution in [3.8, 4) is 0 Å². The zero-order valence-corrected chi connectivity index (χ0v) is 16.3. The molecule has 0 aromatic carbocycles. The quantitative estimate of drug-likeness (QED) is 0.845. The van der Waals surface area contributed by atoms with Crippen LogP contribution in [0.3, 0.4) is 0 Å². The minimum absolute atomic E-state index is 0. The van der Waals surface area contributed by atoms with Gasteiger partial charge in [0.25, 0.3) is 0 Å². The predicted octanol–water partition coefficient (Wildman–Crippen LogP) is 3.08. The van der Waals surface area contributed by atoms with Gasteiger partial charge in [0.2, 0.25) is 5.91 Å². The molecule has 0 aliphatic carbocycles. The molecule has 1 aliphatic rings. The van der Waals surface area contributed by atoms with E-state index in [1.54, 1.807) is 23.1 Å². The van der Waals surface area contributed by atoms with Crippen molar-refractivity contribution in [1.29, 1.82) is 0 Å². The number of aromatic nitrogens is 1. The van der Waals surface area contributed by atoms with Crippen LogP contribution in [0.2, 0.25) is 0 Å². The molecular weight excluding hydrogens is 361 g/mol. The van der Waals surface area contributed by atoms with Gasteiger partial charge in [-0.2, -0.15) is 11.8 Å². The zero-order chi connectivity index (χ0) is 14.5. The normalized spacial score (nSPS) is 16.6. The number of hydrogen-bond acceptors (Lipinski definition) is 5. The predicted molar refractivity (Wildman–Crippen MR) is 101 cm³/mol. The monoisotopic (exact) mass is 385 g/mol. The average molecular weight is 386 g/mol. The van der Waals surface area contributed by atoms with Gasteiger partial charge in [-0.05, 0) is 38.2 Å². The molecular formula is C14H25Cl2N3OS2. The summed E-state index contributed by atoms with van der Waals surface area (Å²) in [5.74, 6) is 1.58. The van der Waals surface area contributed by atoms with Gasteiger partial charge in [-0.15, -0.1) is 36.2 Å². The summed E-state index contributed by atoms with van der Waals surface area (Å²) < 4.78 is 0. The molecule has 22 heavy (non-hydrogen) atoms. The number of likely N-dealkylation sites (tertiary alicyclic amines) is 1. The van der Waals surface area contributed by atoms with Crippen LogP contribution in [0.25, 0.3) is 0 Å². The highest BCUT2D eigenvalue weighted by atomic mass is 35.5. The number of amides is 1. The molecule has 1 atom stereocenters. The SMILES string of the molecule is CSCCC(N)C(=O)N1CCC(c2nc(C)cs2)CC1.Cl.Cl. The molecule has 1 amide bonds. The van der Waals surface area contributed by atoms with Gasteiger partial charge in [0, 0.05) is 30.1 Å². The molecule has 0 saturated carbocycles. The van der Waals surface area contributed by atoms with Crippen molar-refractivity contribution in [1.82, 2.24) is 9.88 Å². The van der Waals surface area contributed by atoms with Crippen molar-refractivity contribution < 1.29 is 4.79 Å². The van der Waals surface area contributed by atoms with E-state index in [0.29, 0.717) is 5.92 Å². The molecule has 1 unspecified atom stereocenters. The smallest absolute Gasteiger partial charge is 0.239 e.